The SMILES string of the molecule is CC(=O)OC[C@H]1O[C@@H](Oc2ccc(CO)cc2C(=O)NC(C)(C)CO)[C@H](OC(C)=O)[C@@H](OC(C)=O)[C@H]1OC(C)=O. The minimum Gasteiger partial charge on any atom is -0.463 e. The molecule has 1 aliphatic rings. The first-order chi connectivity index (χ1) is 18.7. The first-order valence-electron chi connectivity index (χ1n) is 12.3. The zero-order chi connectivity index (χ0) is 30.2. The van der Waals surface area contributed by atoms with Gasteiger partial charge in [0.2, 0.25) is 12.4 Å². The number of ether oxygens (including phenoxy) is 6. The van der Waals surface area contributed by atoms with E-state index in [1.165, 1.54) is 18.2 Å². The summed E-state index contributed by atoms with van der Waals surface area (Å²) in [4.78, 5) is 60.6. The second-order valence-corrected chi connectivity index (χ2v) is 9.67. The summed E-state index contributed by atoms with van der Waals surface area (Å²) in [5, 5.41) is 21.8. The molecule has 1 saturated heterocycles. The van der Waals surface area contributed by atoms with E-state index < -0.39 is 79.2 Å². The number of esters is 4. The molecule has 0 saturated carbocycles. The third-order valence-electron chi connectivity index (χ3n) is 5.51. The first-order valence-corrected chi connectivity index (χ1v) is 12.3. The van der Waals surface area contributed by atoms with Gasteiger partial charge in [0.05, 0.1) is 24.3 Å². The van der Waals surface area contributed by atoms with Gasteiger partial charge in [-0.25, -0.2) is 0 Å². The molecule has 3 N–H and O–H groups in total. The van der Waals surface area contributed by atoms with E-state index >= 15 is 0 Å². The van der Waals surface area contributed by atoms with Crippen LogP contribution in [-0.4, -0.2) is 89.5 Å². The van der Waals surface area contributed by atoms with Crippen LogP contribution in [0.2, 0.25) is 0 Å². The number of aliphatic hydroxyl groups excluding tert-OH is 2. The molecule has 0 bridgehead atoms. The molecule has 0 unspecified atom stereocenters. The zero-order valence-electron chi connectivity index (χ0n) is 23.1. The van der Waals surface area contributed by atoms with Crippen molar-refractivity contribution in [3.63, 3.8) is 0 Å². The van der Waals surface area contributed by atoms with Crippen LogP contribution in [0.5, 0.6) is 5.75 Å². The summed E-state index contributed by atoms with van der Waals surface area (Å²) in [6.45, 7) is 6.33. The highest BCUT2D eigenvalue weighted by Crippen LogP contribution is 2.32. The Balaban J connectivity index is 2.59. The van der Waals surface area contributed by atoms with Gasteiger partial charge in [-0.2, -0.15) is 0 Å². The predicted molar refractivity (Wildman–Crippen MR) is 134 cm³/mol. The van der Waals surface area contributed by atoms with Crippen molar-refractivity contribution in [3.05, 3.63) is 29.3 Å². The summed E-state index contributed by atoms with van der Waals surface area (Å²) in [5.41, 5.74) is -0.723. The largest absolute Gasteiger partial charge is 0.463 e. The maximum atomic E-state index is 13.1. The van der Waals surface area contributed by atoms with Crippen molar-refractivity contribution < 1.29 is 62.6 Å². The molecule has 0 spiro atoms. The monoisotopic (exact) mass is 569 g/mol. The van der Waals surface area contributed by atoms with E-state index in [0.29, 0.717) is 5.56 Å². The predicted octanol–water partition coefficient (Wildman–Crippen LogP) is 0.142. The number of carbonyl (C=O) groups excluding carboxylic acids is 5. The van der Waals surface area contributed by atoms with Crippen molar-refractivity contribution in [1.82, 2.24) is 5.32 Å². The zero-order valence-corrected chi connectivity index (χ0v) is 23.1. The maximum absolute atomic E-state index is 13.1. The van der Waals surface area contributed by atoms with Gasteiger partial charge in [-0.15, -0.1) is 0 Å². The number of hydrogen-bond acceptors (Lipinski definition) is 13. The molecule has 0 radical (unpaired) electrons. The van der Waals surface area contributed by atoms with Crippen LogP contribution >= 0.6 is 0 Å². The number of nitrogens with one attached hydrogen (secondary N) is 1. The molecular formula is C26H35NO13. The van der Waals surface area contributed by atoms with Gasteiger partial charge in [-0.05, 0) is 31.5 Å². The van der Waals surface area contributed by atoms with Crippen molar-refractivity contribution in [2.45, 2.75) is 84.4 Å². The second-order valence-electron chi connectivity index (χ2n) is 9.67. The highest BCUT2D eigenvalue weighted by atomic mass is 16.7. The van der Waals surface area contributed by atoms with E-state index in [9.17, 15) is 34.2 Å². The fourth-order valence-electron chi connectivity index (χ4n) is 3.78. The quantitative estimate of drug-likeness (QED) is 0.241. The Labute approximate surface area is 230 Å². The average Bonchev–Trinajstić information content (AvgIpc) is 2.85. The van der Waals surface area contributed by atoms with Gasteiger partial charge >= 0.3 is 23.9 Å². The fraction of sp³-hybridized carbons (Fsp3) is 0.577. The van der Waals surface area contributed by atoms with E-state index in [2.05, 4.69) is 5.32 Å². The van der Waals surface area contributed by atoms with Gasteiger partial charge in [0.15, 0.2) is 12.2 Å². The second kappa shape index (κ2) is 14.1. The third-order valence-corrected chi connectivity index (χ3v) is 5.51. The van der Waals surface area contributed by atoms with Gasteiger partial charge in [-0.3, -0.25) is 24.0 Å². The van der Waals surface area contributed by atoms with Crippen LogP contribution in [0.25, 0.3) is 0 Å². The number of rotatable bonds is 11. The van der Waals surface area contributed by atoms with E-state index in [4.69, 9.17) is 28.4 Å². The molecule has 0 aliphatic carbocycles. The normalized spacial score (nSPS) is 22.4. The van der Waals surface area contributed by atoms with Crippen LogP contribution in [0.3, 0.4) is 0 Å². The highest BCUT2D eigenvalue weighted by molar-refractivity contribution is 5.97. The number of aliphatic hydroxyl groups is 2. The summed E-state index contributed by atoms with van der Waals surface area (Å²) in [6, 6.07) is 4.18. The van der Waals surface area contributed by atoms with Gasteiger partial charge in [0.25, 0.3) is 5.91 Å². The summed E-state index contributed by atoms with van der Waals surface area (Å²) in [6.07, 6.45) is -7.18. The van der Waals surface area contributed by atoms with E-state index in [1.54, 1.807) is 13.8 Å². The van der Waals surface area contributed by atoms with Gasteiger partial charge < -0.3 is 44.0 Å². The molecule has 1 aliphatic heterocycles. The van der Waals surface area contributed by atoms with Crippen molar-refractivity contribution in [2.24, 2.45) is 0 Å². The molecule has 0 aromatic heterocycles. The lowest BCUT2D eigenvalue weighted by molar-refractivity contribution is -0.288. The van der Waals surface area contributed by atoms with Crippen molar-refractivity contribution >= 4 is 29.8 Å². The van der Waals surface area contributed by atoms with Crippen molar-refractivity contribution in [1.29, 1.82) is 0 Å². The number of carbonyl (C=O) groups is 5. The Morgan fingerprint density at radius 2 is 1.45 bits per heavy atom. The van der Waals surface area contributed by atoms with E-state index in [0.717, 1.165) is 27.7 Å². The molecule has 1 aromatic rings. The molecule has 1 fully saturated rings. The molecule has 2 rings (SSSR count). The summed E-state index contributed by atoms with van der Waals surface area (Å²) >= 11 is 0. The number of hydrogen-bond donors (Lipinski definition) is 3. The smallest absolute Gasteiger partial charge is 0.303 e. The maximum Gasteiger partial charge on any atom is 0.303 e. The van der Waals surface area contributed by atoms with Crippen molar-refractivity contribution in [3.8, 4) is 5.75 Å². The Morgan fingerprint density at radius 3 is 1.98 bits per heavy atom. The highest BCUT2D eigenvalue weighted by Gasteiger charge is 2.53. The number of amides is 1. The first kappa shape index (κ1) is 32.5. The van der Waals surface area contributed by atoms with Gasteiger partial charge in [-0.1, -0.05) is 6.07 Å². The van der Waals surface area contributed by atoms with Crippen LogP contribution in [0.1, 0.15) is 57.5 Å². The third kappa shape index (κ3) is 9.17. The molecule has 1 heterocycles. The molecule has 1 amide bonds. The van der Waals surface area contributed by atoms with Crippen LogP contribution in [0.4, 0.5) is 0 Å². The lowest BCUT2D eigenvalue weighted by atomic mass is 9.98. The van der Waals surface area contributed by atoms with E-state index in [-0.39, 0.29) is 17.9 Å². The summed E-state index contributed by atoms with van der Waals surface area (Å²) in [7, 11) is 0. The van der Waals surface area contributed by atoms with Gasteiger partial charge in [0, 0.05) is 27.7 Å². The van der Waals surface area contributed by atoms with Crippen LogP contribution in [0.15, 0.2) is 18.2 Å². The Morgan fingerprint density at radius 1 is 0.875 bits per heavy atom. The molecule has 14 heteroatoms. The molecule has 222 valence electrons. The standard InChI is InChI=1S/C26H35NO13/c1-13(30)35-11-20-21(36-14(2)31)22(37-15(3)32)23(38-16(4)33)25(40-20)39-19-8-7-17(10-28)9-18(19)24(34)27-26(5,6)12-29/h7-9,20-23,25,28-29H,10-12H2,1-6H3,(H,27,34)/t20-,21+,22+,23-,25-/m1/s1. The minimum atomic E-state index is -1.57. The average molecular weight is 570 g/mol. The van der Waals surface area contributed by atoms with Crippen molar-refractivity contribution in [2.75, 3.05) is 13.2 Å². The summed E-state index contributed by atoms with van der Waals surface area (Å²) < 4.78 is 33.1. The lowest BCUT2D eigenvalue weighted by Gasteiger charge is -2.44. The molecule has 40 heavy (non-hydrogen) atoms. The number of benzene rings is 1. The Bertz CT molecular complexity index is 1100. The minimum absolute atomic E-state index is 0.0686. The summed E-state index contributed by atoms with van der Waals surface area (Å²) in [5.74, 6) is -3.87. The molecule has 5 atom stereocenters. The van der Waals surface area contributed by atoms with Crippen LogP contribution < -0.4 is 10.1 Å². The fourth-order valence-corrected chi connectivity index (χ4v) is 3.78. The molecule has 14 nitrogen and oxygen atoms in total. The Kier molecular flexibility index (Phi) is 11.4. The van der Waals surface area contributed by atoms with Crippen LogP contribution in [-0.2, 0) is 49.5 Å². The van der Waals surface area contributed by atoms with E-state index in [1.807, 2.05) is 0 Å². The molecular weight excluding hydrogens is 534 g/mol. The van der Waals surface area contributed by atoms with Gasteiger partial charge in [0.1, 0.15) is 18.5 Å². The van der Waals surface area contributed by atoms with Crippen LogP contribution in [0, 0.1) is 0 Å². The molecule has 1 aromatic carbocycles. The lowest BCUT2D eigenvalue weighted by Crippen LogP contribution is -2.63. The Hall–Kier alpha value is -3.75. The topological polar surface area (TPSA) is 193 Å².